The lowest BCUT2D eigenvalue weighted by Crippen LogP contribution is -2.24. The third-order valence-electron chi connectivity index (χ3n) is 5.12. The Labute approximate surface area is 141 Å². The first-order valence-corrected chi connectivity index (χ1v) is 8.67. The Morgan fingerprint density at radius 3 is 2.70 bits per heavy atom. The highest BCUT2D eigenvalue weighted by Crippen LogP contribution is 2.41. The van der Waals surface area contributed by atoms with Crippen LogP contribution < -0.4 is 5.73 Å². The van der Waals surface area contributed by atoms with Crippen LogP contribution in [-0.4, -0.2) is 11.7 Å². The van der Waals surface area contributed by atoms with Crippen molar-refractivity contribution >= 4 is 6.08 Å². The summed E-state index contributed by atoms with van der Waals surface area (Å²) < 4.78 is 0. The van der Waals surface area contributed by atoms with Crippen molar-refractivity contribution < 1.29 is 5.11 Å². The second-order valence-corrected chi connectivity index (χ2v) is 7.70. The van der Waals surface area contributed by atoms with E-state index in [0.717, 1.165) is 11.1 Å². The van der Waals surface area contributed by atoms with Crippen molar-refractivity contribution in [1.29, 1.82) is 0 Å². The molecule has 0 amide bonds. The summed E-state index contributed by atoms with van der Waals surface area (Å²) in [5.74, 6) is 0. The van der Waals surface area contributed by atoms with Gasteiger partial charge < -0.3 is 10.8 Å². The molecule has 1 aromatic carbocycles. The molecule has 0 spiro atoms. The topological polar surface area (TPSA) is 46.2 Å². The predicted octanol–water partition coefficient (Wildman–Crippen LogP) is 4.78. The Hall–Kier alpha value is -1.38. The zero-order valence-corrected chi connectivity index (χ0v) is 15.0. The fourth-order valence-electron chi connectivity index (χ4n) is 3.59. The molecule has 1 aliphatic carbocycles. The Bertz CT molecular complexity index is 608. The normalized spacial score (nSPS) is 20.8. The van der Waals surface area contributed by atoms with Crippen molar-refractivity contribution in [2.75, 3.05) is 6.54 Å². The van der Waals surface area contributed by atoms with Crippen LogP contribution in [0.4, 0.5) is 0 Å². The second-order valence-electron chi connectivity index (χ2n) is 7.70. The molecule has 1 unspecified atom stereocenters. The first-order chi connectivity index (χ1) is 10.8. The van der Waals surface area contributed by atoms with Crippen LogP contribution in [0.5, 0.6) is 0 Å². The van der Waals surface area contributed by atoms with E-state index in [1.54, 1.807) is 0 Å². The number of rotatable bonds is 5. The van der Waals surface area contributed by atoms with Gasteiger partial charge in [0, 0.05) is 0 Å². The van der Waals surface area contributed by atoms with E-state index in [4.69, 9.17) is 5.73 Å². The van der Waals surface area contributed by atoms with Crippen LogP contribution in [-0.2, 0) is 5.60 Å². The van der Waals surface area contributed by atoms with E-state index in [1.807, 2.05) is 19.1 Å². The van der Waals surface area contributed by atoms with Crippen LogP contribution in [0.15, 0.2) is 41.5 Å². The molecule has 1 aromatic rings. The lowest BCUT2D eigenvalue weighted by molar-refractivity contribution is 0.0504. The van der Waals surface area contributed by atoms with Crippen molar-refractivity contribution in [2.45, 2.75) is 59.0 Å². The van der Waals surface area contributed by atoms with Gasteiger partial charge in [-0.2, -0.15) is 0 Å². The van der Waals surface area contributed by atoms with Gasteiger partial charge in [-0.3, -0.25) is 0 Å². The molecule has 2 heteroatoms. The molecule has 23 heavy (non-hydrogen) atoms. The third kappa shape index (κ3) is 4.33. The minimum atomic E-state index is -0.863. The fourth-order valence-corrected chi connectivity index (χ4v) is 3.59. The first-order valence-electron chi connectivity index (χ1n) is 8.67. The lowest BCUT2D eigenvalue weighted by atomic mass is 9.72. The minimum Gasteiger partial charge on any atom is -0.385 e. The average molecular weight is 313 g/mol. The molecule has 0 fully saturated rings. The molecule has 2 nitrogen and oxygen atoms in total. The van der Waals surface area contributed by atoms with Crippen molar-refractivity contribution in [3.05, 3.63) is 52.6 Å². The third-order valence-corrected chi connectivity index (χ3v) is 5.12. The molecule has 0 heterocycles. The molecule has 0 aromatic heterocycles. The quantitative estimate of drug-likeness (QED) is 0.821. The van der Waals surface area contributed by atoms with E-state index in [9.17, 15) is 5.11 Å². The second kappa shape index (κ2) is 7.02. The van der Waals surface area contributed by atoms with E-state index in [2.05, 4.69) is 45.1 Å². The summed E-state index contributed by atoms with van der Waals surface area (Å²) >= 11 is 0. The predicted molar refractivity (Wildman–Crippen MR) is 99.1 cm³/mol. The van der Waals surface area contributed by atoms with Gasteiger partial charge in [0.05, 0.1) is 5.60 Å². The molecule has 1 atom stereocenters. The Morgan fingerprint density at radius 2 is 2.04 bits per heavy atom. The zero-order valence-electron chi connectivity index (χ0n) is 15.0. The van der Waals surface area contributed by atoms with E-state index < -0.39 is 5.60 Å². The first kappa shape index (κ1) is 18.0. The molecule has 0 saturated carbocycles. The summed E-state index contributed by atoms with van der Waals surface area (Å²) in [5, 5.41) is 10.5. The molecule has 1 aliphatic rings. The van der Waals surface area contributed by atoms with Gasteiger partial charge in [-0.25, -0.2) is 0 Å². The van der Waals surface area contributed by atoms with Crippen LogP contribution in [0.1, 0.15) is 64.5 Å². The summed E-state index contributed by atoms with van der Waals surface area (Å²) in [6.07, 6.45) is 8.74. The minimum absolute atomic E-state index is 0.251. The van der Waals surface area contributed by atoms with Gasteiger partial charge in [-0.1, -0.05) is 49.8 Å². The molecule has 0 bridgehead atoms. The average Bonchev–Trinajstić information content (AvgIpc) is 2.46. The molecule has 0 saturated heterocycles. The van der Waals surface area contributed by atoms with Gasteiger partial charge in [0.25, 0.3) is 0 Å². The van der Waals surface area contributed by atoms with Gasteiger partial charge >= 0.3 is 0 Å². The van der Waals surface area contributed by atoms with Gasteiger partial charge in [-0.15, -0.1) is 0 Å². The van der Waals surface area contributed by atoms with Crippen molar-refractivity contribution in [1.82, 2.24) is 0 Å². The highest BCUT2D eigenvalue weighted by atomic mass is 16.3. The molecular formula is C21H31NO. The number of hydrogen-bond acceptors (Lipinski definition) is 2. The maximum Gasteiger partial charge on any atom is 0.0880 e. The van der Waals surface area contributed by atoms with E-state index in [-0.39, 0.29) is 5.41 Å². The van der Waals surface area contributed by atoms with Gasteiger partial charge in [0.1, 0.15) is 0 Å². The number of hydrogen-bond donors (Lipinski definition) is 2. The van der Waals surface area contributed by atoms with Gasteiger partial charge in [-0.05, 0) is 74.3 Å². The largest absolute Gasteiger partial charge is 0.385 e. The van der Waals surface area contributed by atoms with Crippen LogP contribution in [0.2, 0.25) is 0 Å². The number of nitrogens with two attached hydrogens (primary N) is 1. The lowest BCUT2D eigenvalue weighted by Gasteiger charge is -2.33. The van der Waals surface area contributed by atoms with Gasteiger partial charge in [0.15, 0.2) is 0 Å². The highest BCUT2D eigenvalue weighted by molar-refractivity contribution is 5.56. The smallest absolute Gasteiger partial charge is 0.0880 e. The summed E-state index contributed by atoms with van der Waals surface area (Å²) in [7, 11) is 0. The SMILES string of the molecule is CC1=C(/C=C/c2cccc(C(C)(O)CCN)c2)C(C)(C)CCC1. The molecule has 2 rings (SSSR count). The Balaban J connectivity index is 2.27. The van der Waals surface area contributed by atoms with Crippen molar-refractivity contribution in [3.63, 3.8) is 0 Å². The van der Waals surface area contributed by atoms with Crippen LogP contribution in [0, 0.1) is 5.41 Å². The molecular weight excluding hydrogens is 282 g/mol. The number of benzene rings is 1. The van der Waals surface area contributed by atoms with Crippen molar-refractivity contribution in [3.8, 4) is 0 Å². The Kier molecular flexibility index (Phi) is 5.49. The molecule has 3 N–H and O–H groups in total. The standard InChI is InChI=1S/C21H31NO/c1-16-7-6-12-20(2,3)19(16)11-10-17-8-5-9-18(15-17)21(4,23)13-14-22/h5,8-11,15,23H,6-7,12-14,22H2,1-4H3/b11-10+. The molecule has 126 valence electrons. The monoisotopic (exact) mass is 313 g/mol. The van der Waals surface area contributed by atoms with E-state index >= 15 is 0 Å². The van der Waals surface area contributed by atoms with Crippen molar-refractivity contribution in [2.24, 2.45) is 11.1 Å². The van der Waals surface area contributed by atoms with Crippen LogP contribution in [0.25, 0.3) is 6.08 Å². The summed E-state index contributed by atoms with van der Waals surface area (Å²) in [6, 6.07) is 8.14. The maximum atomic E-state index is 10.5. The van der Waals surface area contributed by atoms with Gasteiger partial charge in [0.2, 0.25) is 0 Å². The fraction of sp³-hybridized carbons (Fsp3) is 0.524. The van der Waals surface area contributed by atoms with E-state index in [1.165, 1.54) is 30.4 Å². The number of aliphatic hydroxyl groups is 1. The molecule has 0 radical (unpaired) electrons. The summed E-state index contributed by atoms with van der Waals surface area (Å²) in [4.78, 5) is 0. The van der Waals surface area contributed by atoms with E-state index in [0.29, 0.717) is 13.0 Å². The van der Waals surface area contributed by atoms with Crippen LogP contribution in [0.3, 0.4) is 0 Å². The molecule has 0 aliphatic heterocycles. The van der Waals surface area contributed by atoms with Crippen LogP contribution >= 0.6 is 0 Å². The Morgan fingerprint density at radius 1 is 1.30 bits per heavy atom. The summed E-state index contributed by atoms with van der Waals surface area (Å²) in [6.45, 7) is 9.23. The maximum absolute atomic E-state index is 10.5. The summed E-state index contributed by atoms with van der Waals surface area (Å²) in [5.41, 5.74) is 10.0. The zero-order chi connectivity index (χ0) is 17.1. The number of allylic oxidation sites excluding steroid dienone is 3. The highest BCUT2D eigenvalue weighted by Gasteiger charge is 2.26.